The van der Waals surface area contributed by atoms with Crippen LogP contribution in [0, 0.1) is 0 Å². The fourth-order valence-corrected chi connectivity index (χ4v) is 3.04. The Labute approximate surface area is 150 Å². The number of aromatic hydroxyl groups is 1. The minimum Gasteiger partial charge on any atom is -0.512 e. The highest BCUT2D eigenvalue weighted by Crippen LogP contribution is 2.34. The van der Waals surface area contributed by atoms with E-state index < -0.39 is 5.60 Å². The van der Waals surface area contributed by atoms with Gasteiger partial charge in [-0.1, -0.05) is 17.7 Å². The van der Waals surface area contributed by atoms with Gasteiger partial charge in [0, 0.05) is 13.5 Å². The molecule has 4 nitrogen and oxygen atoms in total. The van der Waals surface area contributed by atoms with Crippen LogP contribution in [0.2, 0.25) is 0 Å². The molecule has 1 unspecified atom stereocenters. The maximum Gasteiger partial charge on any atom is 0.160 e. The maximum absolute atomic E-state index is 10.2. The zero-order valence-corrected chi connectivity index (χ0v) is 15.5. The Balaban J connectivity index is 2.15. The molecule has 0 radical (unpaired) electrons. The van der Waals surface area contributed by atoms with Crippen molar-refractivity contribution in [1.82, 2.24) is 0 Å². The van der Waals surface area contributed by atoms with Crippen LogP contribution in [0.25, 0.3) is 0 Å². The summed E-state index contributed by atoms with van der Waals surface area (Å²) in [5.74, 6) is 0.967. The van der Waals surface area contributed by atoms with Crippen molar-refractivity contribution in [3.05, 3.63) is 58.9 Å². The zero-order valence-electron chi connectivity index (χ0n) is 15.5. The number of hydrogen-bond acceptors (Lipinski definition) is 4. The normalized spacial score (nSPS) is 19.8. The molecular formula is C21H28O4. The highest BCUT2D eigenvalue weighted by atomic mass is 16.5. The quantitative estimate of drug-likeness (QED) is 0.694. The Kier molecular flexibility index (Phi) is 6.32. The fraction of sp³-hybridized carbons (Fsp3) is 0.429. The number of rotatable bonds is 7. The number of hydrogen-bond donors (Lipinski definition) is 2. The lowest BCUT2D eigenvalue weighted by Crippen LogP contribution is -2.31. The SMILES string of the molecule is COc1cc(CCC2=CC(CC=C(C)C)(OC)CC(O)=C2)ccc1O. The average molecular weight is 344 g/mol. The van der Waals surface area contributed by atoms with Crippen molar-refractivity contribution in [2.24, 2.45) is 0 Å². The molecule has 25 heavy (non-hydrogen) atoms. The van der Waals surface area contributed by atoms with Gasteiger partial charge >= 0.3 is 0 Å². The van der Waals surface area contributed by atoms with Gasteiger partial charge in [0.15, 0.2) is 11.5 Å². The minimum atomic E-state index is -0.488. The summed E-state index contributed by atoms with van der Waals surface area (Å²) in [6.07, 6.45) is 8.89. The summed E-state index contributed by atoms with van der Waals surface area (Å²) in [5.41, 5.74) is 2.87. The molecule has 0 aromatic heterocycles. The van der Waals surface area contributed by atoms with E-state index in [0.29, 0.717) is 17.9 Å². The summed E-state index contributed by atoms with van der Waals surface area (Å²) >= 11 is 0. The molecule has 136 valence electrons. The molecule has 1 aromatic carbocycles. The third kappa shape index (κ3) is 5.13. The van der Waals surface area contributed by atoms with E-state index in [9.17, 15) is 10.2 Å². The molecule has 0 bridgehead atoms. The second kappa shape index (κ2) is 8.26. The first kappa shape index (κ1) is 19.1. The number of benzene rings is 1. The third-order valence-corrected chi connectivity index (χ3v) is 4.49. The van der Waals surface area contributed by atoms with Crippen LogP contribution < -0.4 is 4.74 Å². The van der Waals surface area contributed by atoms with Crippen LogP contribution in [0.5, 0.6) is 11.5 Å². The van der Waals surface area contributed by atoms with Crippen LogP contribution in [0.15, 0.2) is 53.3 Å². The van der Waals surface area contributed by atoms with E-state index in [1.807, 2.05) is 18.2 Å². The zero-order chi connectivity index (χ0) is 18.4. The first-order valence-electron chi connectivity index (χ1n) is 8.53. The van der Waals surface area contributed by atoms with E-state index >= 15 is 0 Å². The Morgan fingerprint density at radius 3 is 2.60 bits per heavy atom. The number of aryl methyl sites for hydroxylation is 1. The molecule has 0 amide bonds. The van der Waals surface area contributed by atoms with Gasteiger partial charge in [-0.2, -0.15) is 0 Å². The van der Waals surface area contributed by atoms with E-state index in [1.54, 1.807) is 20.3 Å². The average Bonchev–Trinajstić information content (AvgIpc) is 2.59. The van der Waals surface area contributed by atoms with Gasteiger partial charge in [0.05, 0.1) is 18.5 Å². The molecule has 2 rings (SSSR count). The van der Waals surface area contributed by atoms with Gasteiger partial charge in [-0.25, -0.2) is 0 Å². The third-order valence-electron chi connectivity index (χ3n) is 4.49. The highest BCUT2D eigenvalue weighted by Gasteiger charge is 2.31. The van der Waals surface area contributed by atoms with Crippen molar-refractivity contribution in [2.45, 2.75) is 45.1 Å². The van der Waals surface area contributed by atoms with Gasteiger partial charge in [-0.15, -0.1) is 0 Å². The summed E-state index contributed by atoms with van der Waals surface area (Å²) < 4.78 is 10.9. The molecular weight excluding hydrogens is 316 g/mol. The molecule has 1 aliphatic rings. The lowest BCUT2D eigenvalue weighted by atomic mass is 9.85. The second-order valence-corrected chi connectivity index (χ2v) is 6.79. The van der Waals surface area contributed by atoms with Gasteiger partial charge in [0.25, 0.3) is 0 Å². The van der Waals surface area contributed by atoms with Gasteiger partial charge in [-0.05, 0) is 68.5 Å². The van der Waals surface area contributed by atoms with Crippen LogP contribution in [0.3, 0.4) is 0 Å². The Hall–Kier alpha value is -2.20. The first-order chi connectivity index (χ1) is 11.9. The van der Waals surface area contributed by atoms with E-state index in [2.05, 4.69) is 26.0 Å². The second-order valence-electron chi connectivity index (χ2n) is 6.79. The molecule has 0 spiro atoms. The number of aliphatic hydroxyl groups excluding tert-OH is 1. The molecule has 1 atom stereocenters. The van der Waals surface area contributed by atoms with Crippen molar-refractivity contribution in [2.75, 3.05) is 14.2 Å². The highest BCUT2D eigenvalue weighted by molar-refractivity contribution is 5.42. The number of phenolic OH excluding ortho intramolecular Hbond substituents is 1. The van der Waals surface area contributed by atoms with Gasteiger partial charge in [-0.3, -0.25) is 0 Å². The first-order valence-corrected chi connectivity index (χ1v) is 8.53. The molecule has 0 heterocycles. The van der Waals surface area contributed by atoms with E-state index in [-0.39, 0.29) is 5.75 Å². The molecule has 0 fully saturated rings. The van der Waals surface area contributed by atoms with Crippen molar-refractivity contribution in [3.63, 3.8) is 0 Å². The van der Waals surface area contributed by atoms with E-state index in [0.717, 1.165) is 30.4 Å². The van der Waals surface area contributed by atoms with Gasteiger partial charge in [0.1, 0.15) is 0 Å². The van der Waals surface area contributed by atoms with Crippen molar-refractivity contribution in [3.8, 4) is 11.5 Å². The van der Waals surface area contributed by atoms with E-state index in [4.69, 9.17) is 9.47 Å². The van der Waals surface area contributed by atoms with Crippen LogP contribution in [0.4, 0.5) is 0 Å². The molecule has 4 heteroatoms. The topological polar surface area (TPSA) is 58.9 Å². The van der Waals surface area contributed by atoms with E-state index in [1.165, 1.54) is 5.57 Å². The molecule has 2 N–H and O–H groups in total. The number of phenols is 1. The van der Waals surface area contributed by atoms with Crippen molar-refractivity contribution < 1.29 is 19.7 Å². The van der Waals surface area contributed by atoms with Gasteiger partial charge < -0.3 is 19.7 Å². The number of aliphatic hydroxyl groups is 1. The predicted octanol–water partition coefficient (Wildman–Crippen LogP) is 4.85. The summed E-state index contributed by atoms with van der Waals surface area (Å²) in [5, 5.41) is 19.9. The maximum atomic E-state index is 10.2. The largest absolute Gasteiger partial charge is 0.512 e. The summed E-state index contributed by atoms with van der Waals surface area (Å²) in [4.78, 5) is 0. The molecule has 0 saturated carbocycles. The lowest BCUT2D eigenvalue weighted by Gasteiger charge is -2.32. The lowest BCUT2D eigenvalue weighted by molar-refractivity contribution is 0.0244. The van der Waals surface area contributed by atoms with Crippen LogP contribution in [-0.2, 0) is 11.2 Å². The summed E-state index contributed by atoms with van der Waals surface area (Å²) in [6.45, 7) is 4.12. The number of methoxy groups -OCH3 is 2. The van der Waals surface area contributed by atoms with Gasteiger partial charge in [0.2, 0.25) is 0 Å². The van der Waals surface area contributed by atoms with Crippen LogP contribution in [-0.4, -0.2) is 30.0 Å². The molecule has 1 aliphatic carbocycles. The predicted molar refractivity (Wildman–Crippen MR) is 100 cm³/mol. The number of allylic oxidation sites excluding steroid dienone is 3. The Morgan fingerprint density at radius 1 is 1.20 bits per heavy atom. The molecule has 1 aromatic rings. The fourth-order valence-electron chi connectivity index (χ4n) is 3.04. The molecule has 0 saturated heterocycles. The number of ether oxygens (including phenoxy) is 2. The smallest absolute Gasteiger partial charge is 0.160 e. The van der Waals surface area contributed by atoms with Crippen molar-refractivity contribution >= 4 is 0 Å². The summed E-state index contributed by atoms with van der Waals surface area (Å²) in [6, 6.07) is 5.37. The Bertz CT molecular complexity index is 696. The minimum absolute atomic E-state index is 0.140. The Morgan fingerprint density at radius 2 is 1.96 bits per heavy atom. The summed E-state index contributed by atoms with van der Waals surface area (Å²) in [7, 11) is 3.23. The van der Waals surface area contributed by atoms with Crippen LogP contribution in [0.1, 0.15) is 38.7 Å². The molecule has 0 aliphatic heterocycles. The monoisotopic (exact) mass is 344 g/mol. The van der Waals surface area contributed by atoms with Crippen molar-refractivity contribution in [1.29, 1.82) is 0 Å². The van der Waals surface area contributed by atoms with Crippen LogP contribution >= 0.6 is 0 Å². The standard InChI is InChI=1S/C21H28O4/c1-15(2)9-10-21(25-4)13-17(11-18(22)14-21)6-5-16-7-8-19(23)20(12-16)24-3/h7-9,11-13,22-23H,5-6,10,14H2,1-4H3.